The molecule has 0 unspecified atom stereocenters. The molecule has 5 heteroatoms. The average Bonchev–Trinajstić information content (AvgIpc) is 2.39. The van der Waals surface area contributed by atoms with E-state index < -0.39 is 0 Å². The Morgan fingerprint density at radius 1 is 1.33 bits per heavy atom. The highest BCUT2D eigenvalue weighted by Crippen LogP contribution is 2.26. The zero-order valence-corrected chi connectivity index (χ0v) is 11.6. The number of nitrogens with one attached hydrogen (secondary N) is 1. The van der Waals surface area contributed by atoms with E-state index in [9.17, 15) is 4.39 Å². The first-order valence-electron chi connectivity index (χ1n) is 6.00. The van der Waals surface area contributed by atoms with Crippen molar-refractivity contribution < 1.29 is 9.13 Å². The summed E-state index contributed by atoms with van der Waals surface area (Å²) in [7, 11) is 1.55. The number of halogens is 2. The number of rotatable bonds is 3. The molecule has 1 aromatic rings. The van der Waals surface area contributed by atoms with Gasteiger partial charge in [0.05, 0.1) is 7.11 Å². The number of hydrogen-bond donors (Lipinski definition) is 1. The quantitative estimate of drug-likeness (QED) is 0.915. The van der Waals surface area contributed by atoms with Crippen molar-refractivity contribution in [3.8, 4) is 5.75 Å². The van der Waals surface area contributed by atoms with Crippen LogP contribution in [0.2, 0.25) is 0 Å². The molecule has 0 saturated carbocycles. The van der Waals surface area contributed by atoms with E-state index >= 15 is 0 Å². The van der Waals surface area contributed by atoms with Crippen molar-refractivity contribution in [2.75, 3.05) is 33.3 Å². The minimum atomic E-state index is -0.185. The first-order chi connectivity index (χ1) is 8.22. The number of ether oxygens (including phenoxy) is 1. The fourth-order valence-corrected chi connectivity index (χ4v) is 2.24. The summed E-state index contributed by atoms with van der Waals surface area (Å²) < 4.78 is 18.9. The lowest BCUT2D eigenvalue weighted by molar-refractivity contribution is 0.182. The summed E-state index contributed by atoms with van der Waals surface area (Å²) in [6.45, 7) is 5.93. The summed E-state index contributed by atoms with van der Waals surface area (Å²) in [5.74, 6) is 0.383. The highest BCUT2D eigenvalue weighted by Gasteiger charge is 2.20. The van der Waals surface area contributed by atoms with Crippen LogP contribution in [0.1, 0.15) is 18.5 Å². The molecule has 1 saturated heterocycles. The van der Waals surface area contributed by atoms with Gasteiger partial charge in [-0.15, -0.1) is 12.4 Å². The van der Waals surface area contributed by atoms with E-state index in [-0.39, 0.29) is 24.3 Å². The van der Waals surface area contributed by atoms with E-state index in [0.717, 1.165) is 31.7 Å². The standard InChI is InChI=1S/C13H19FN2O.ClH/c1-10(16-7-5-15-6-8-16)12-4-3-11(17-2)9-13(12)14;/h3-4,9-10,15H,5-8H2,1-2H3;1H/t10-;/m1./s1. The Hall–Kier alpha value is -0.840. The van der Waals surface area contributed by atoms with Gasteiger partial charge in [-0.3, -0.25) is 4.90 Å². The average molecular weight is 275 g/mol. The molecule has 3 nitrogen and oxygen atoms in total. The predicted molar refractivity (Wildman–Crippen MR) is 73.1 cm³/mol. The van der Waals surface area contributed by atoms with E-state index in [1.54, 1.807) is 7.11 Å². The van der Waals surface area contributed by atoms with Gasteiger partial charge in [0.2, 0.25) is 0 Å². The van der Waals surface area contributed by atoms with Crippen LogP contribution >= 0.6 is 12.4 Å². The Bertz CT molecular complexity index is 383. The summed E-state index contributed by atoms with van der Waals surface area (Å²) >= 11 is 0. The van der Waals surface area contributed by atoms with E-state index in [0.29, 0.717) is 5.75 Å². The number of hydrogen-bond acceptors (Lipinski definition) is 3. The Balaban J connectivity index is 0.00000162. The zero-order valence-electron chi connectivity index (χ0n) is 10.8. The molecule has 1 aliphatic rings. The van der Waals surface area contributed by atoms with Gasteiger partial charge in [0.15, 0.2) is 0 Å². The van der Waals surface area contributed by atoms with Crippen LogP contribution in [0.4, 0.5) is 4.39 Å². The molecule has 1 N–H and O–H groups in total. The van der Waals surface area contributed by atoms with Crippen LogP contribution in [-0.4, -0.2) is 38.2 Å². The van der Waals surface area contributed by atoms with Crippen molar-refractivity contribution in [2.24, 2.45) is 0 Å². The maximum absolute atomic E-state index is 13.9. The molecule has 0 aliphatic carbocycles. The van der Waals surface area contributed by atoms with E-state index in [2.05, 4.69) is 17.1 Å². The Kier molecular flexibility index (Phi) is 5.85. The minimum absolute atomic E-state index is 0. The van der Waals surface area contributed by atoms with Crippen molar-refractivity contribution in [3.63, 3.8) is 0 Å². The van der Waals surface area contributed by atoms with Crippen LogP contribution in [0.5, 0.6) is 5.75 Å². The maximum Gasteiger partial charge on any atom is 0.131 e. The van der Waals surface area contributed by atoms with E-state index in [1.807, 2.05) is 12.1 Å². The molecule has 1 heterocycles. The second kappa shape index (κ2) is 6.92. The lowest BCUT2D eigenvalue weighted by Gasteiger charge is -2.33. The molecule has 1 aliphatic heterocycles. The van der Waals surface area contributed by atoms with Gasteiger partial charge in [-0.25, -0.2) is 4.39 Å². The molecule has 0 aromatic heterocycles. The molecular formula is C13H20ClFN2O. The van der Waals surface area contributed by atoms with Crippen molar-refractivity contribution in [1.29, 1.82) is 0 Å². The van der Waals surface area contributed by atoms with Gasteiger partial charge < -0.3 is 10.1 Å². The number of benzene rings is 1. The zero-order chi connectivity index (χ0) is 12.3. The highest BCUT2D eigenvalue weighted by atomic mass is 35.5. The topological polar surface area (TPSA) is 24.5 Å². The molecule has 1 fully saturated rings. The molecule has 0 spiro atoms. The third kappa shape index (κ3) is 3.34. The third-order valence-electron chi connectivity index (χ3n) is 3.36. The highest BCUT2D eigenvalue weighted by molar-refractivity contribution is 5.85. The van der Waals surface area contributed by atoms with Crippen molar-refractivity contribution in [1.82, 2.24) is 10.2 Å². The van der Waals surface area contributed by atoms with Gasteiger partial charge in [-0.2, -0.15) is 0 Å². The molecule has 0 bridgehead atoms. The molecule has 2 rings (SSSR count). The largest absolute Gasteiger partial charge is 0.497 e. The van der Waals surface area contributed by atoms with Gasteiger partial charge in [0, 0.05) is 43.9 Å². The number of piperazine rings is 1. The minimum Gasteiger partial charge on any atom is -0.497 e. The second-order valence-corrected chi connectivity index (χ2v) is 4.35. The van der Waals surface area contributed by atoms with E-state index in [1.165, 1.54) is 6.07 Å². The molecule has 18 heavy (non-hydrogen) atoms. The first kappa shape index (κ1) is 15.2. The van der Waals surface area contributed by atoms with Crippen LogP contribution in [-0.2, 0) is 0 Å². The van der Waals surface area contributed by atoms with Crippen LogP contribution in [0, 0.1) is 5.82 Å². The SMILES string of the molecule is COc1ccc([C@@H](C)N2CCNCC2)c(F)c1.Cl. The van der Waals surface area contributed by atoms with E-state index in [4.69, 9.17) is 4.74 Å². The molecule has 1 atom stereocenters. The second-order valence-electron chi connectivity index (χ2n) is 4.35. The molecule has 0 radical (unpaired) electrons. The molecular weight excluding hydrogens is 255 g/mol. The fraction of sp³-hybridized carbons (Fsp3) is 0.538. The number of nitrogens with zero attached hydrogens (tertiary/aromatic N) is 1. The lowest BCUT2D eigenvalue weighted by atomic mass is 10.1. The first-order valence-corrected chi connectivity index (χ1v) is 6.00. The van der Waals surface area contributed by atoms with Gasteiger partial charge >= 0.3 is 0 Å². The fourth-order valence-electron chi connectivity index (χ4n) is 2.24. The van der Waals surface area contributed by atoms with Crippen molar-refractivity contribution >= 4 is 12.4 Å². The van der Waals surface area contributed by atoms with Gasteiger partial charge in [0.25, 0.3) is 0 Å². The van der Waals surface area contributed by atoms with Gasteiger partial charge in [-0.1, -0.05) is 6.07 Å². The Labute approximate surface area is 114 Å². The van der Waals surface area contributed by atoms with Gasteiger partial charge in [-0.05, 0) is 13.0 Å². The van der Waals surface area contributed by atoms with Gasteiger partial charge in [0.1, 0.15) is 11.6 Å². The Morgan fingerprint density at radius 3 is 2.56 bits per heavy atom. The summed E-state index contributed by atoms with van der Waals surface area (Å²) in [5.41, 5.74) is 0.743. The molecule has 1 aromatic carbocycles. The number of methoxy groups -OCH3 is 1. The van der Waals surface area contributed by atoms with Crippen molar-refractivity contribution in [3.05, 3.63) is 29.6 Å². The smallest absolute Gasteiger partial charge is 0.131 e. The van der Waals surface area contributed by atoms with Crippen LogP contribution in [0.3, 0.4) is 0 Å². The lowest BCUT2D eigenvalue weighted by Crippen LogP contribution is -2.44. The molecule has 0 amide bonds. The maximum atomic E-state index is 13.9. The normalized spacial score (nSPS) is 17.9. The van der Waals surface area contributed by atoms with Crippen LogP contribution < -0.4 is 10.1 Å². The van der Waals surface area contributed by atoms with Crippen LogP contribution in [0.25, 0.3) is 0 Å². The van der Waals surface area contributed by atoms with Crippen molar-refractivity contribution in [2.45, 2.75) is 13.0 Å². The summed E-state index contributed by atoms with van der Waals surface area (Å²) in [5, 5.41) is 3.30. The molecule has 102 valence electrons. The third-order valence-corrected chi connectivity index (χ3v) is 3.36. The predicted octanol–water partition coefficient (Wildman–Crippen LogP) is 2.22. The van der Waals surface area contributed by atoms with Crippen LogP contribution in [0.15, 0.2) is 18.2 Å². The Morgan fingerprint density at radius 2 is 2.00 bits per heavy atom. The monoisotopic (exact) mass is 274 g/mol. The summed E-state index contributed by atoms with van der Waals surface area (Å²) in [6.07, 6.45) is 0. The summed E-state index contributed by atoms with van der Waals surface area (Å²) in [4.78, 5) is 2.29. The summed E-state index contributed by atoms with van der Waals surface area (Å²) in [6, 6.07) is 5.20.